The molecular weight excluding hydrogens is 298 g/mol. The van der Waals surface area contributed by atoms with Crippen LogP contribution in [-0.2, 0) is 10.0 Å². The van der Waals surface area contributed by atoms with Gasteiger partial charge in [-0.25, -0.2) is 8.42 Å². The minimum absolute atomic E-state index is 0.00540. The van der Waals surface area contributed by atoms with E-state index in [1.165, 1.54) is 23.5 Å². The van der Waals surface area contributed by atoms with Crippen LogP contribution in [0.1, 0.15) is 6.92 Å². The standard InChI is InChI=1S/C12H17N3O5S/c1-9-8-14(6-5-13-9)21(18,19)12-4-3-10(20-2)7-11(12)15(16)17/h3-4,7,9,13H,5-6,8H2,1-2H3. The van der Waals surface area contributed by atoms with E-state index in [9.17, 15) is 18.5 Å². The number of piperazine rings is 1. The second-order valence-corrected chi connectivity index (χ2v) is 6.72. The molecule has 0 aliphatic carbocycles. The van der Waals surface area contributed by atoms with Crippen molar-refractivity contribution in [3.63, 3.8) is 0 Å². The maximum absolute atomic E-state index is 12.6. The molecule has 0 bridgehead atoms. The molecular formula is C12H17N3O5S. The molecule has 1 atom stereocenters. The van der Waals surface area contributed by atoms with E-state index < -0.39 is 20.6 Å². The fourth-order valence-electron chi connectivity index (χ4n) is 2.24. The summed E-state index contributed by atoms with van der Waals surface area (Å²) in [6.07, 6.45) is 0. The van der Waals surface area contributed by atoms with Gasteiger partial charge in [-0.05, 0) is 19.1 Å². The van der Waals surface area contributed by atoms with Crippen LogP contribution in [-0.4, -0.2) is 50.4 Å². The molecule has 1 aromatic rings. The topological polar surface area (TPSA) is 102 Å². The third-order valence-corrected chi connectivity index (χ3v) is 5.22. The third-order valence-electron chi connectivity index (χ3n) is 3.31. The lowest BCUT2D eigenvalue weighted by Crippen LogP contribution is -2.51. The molecule has 9 heteroatoms. The maximum Gasteiger partial charge on any atom is 0.293 e. The highest BCUT2D eigenvalue weighted by molar-refractivity contribution is 7.89. The Hall–Kier alpha value is -1.71. The first-order valence-electron chi connectivity index (χ1n) is 6.42. The van der Waals surface area contributed by atoms with Crippen molar-refractivity contribution in [2.24, 2.45) is 0 Å². The zero-order chi connectivity index (χ0) is 15.6. The molecule has 1 unspecified atom stereocenters. The van der Waals surface area contributed by atoms with Crippen molar-refractivity contribution in [1.82, 2.24) is 9.62 Å². The van der Waals surface area contributed by atoms with Crippen molar-refractivity contribution in [2.75, 3.05) is 26.7 Å². The van der Waals surface area contributed by atoms with Crippen LogP contribution >= 0.6 is 0 Å². The number of sulfonamides is 1. The molecule has 21 heavy (non-hydrogen) atoms. The van der Waals surface area contributed by atoms with Crippen LogP contribution in [0.15, 0.2) is 23.1 Å². The number of hydrogen-bond donors (Lipinski definition) is 1. The van der Waals surface area contributed by atoms with Gasteiger partial charge in [0, 0.05) is 25.7 Å². The fraction of sp³-hybridized carbons (Fsp3) is 0.500. The van der Waals surface area contributed by atoms with Gasteiger partial charge in [-0.1, -0.05) is 0 Å². The minimum atomic E-state index is -3.90. The molecule has 0 radical (unpaired) electrons. The van der Waals surface area contributed by atoms with Crippen molar-refractivity contribution in [3.8, 4) is 5.75 Å². The van der Waals surface area contributed by atoms with Gasteiger partial charge in [-0.3, -0.25) is 10.1 Å². The summed E-state index contributed by atoms with van der Waals surface area (Å²) in [5, 5.41) is 14.3. The number of nitro benzene ring substituents is 1. The molecule has 1 N–H and O–H groups in total. The van der Waals surface area contributed by atoms with Crippen LogP contribution < -0.4 is 10.1 Å². The summed E-state index contributed by atoms with van der Waals surface area (Å²) >= 11 is 0. The first-order chi connectivity index (χ1) is 9.86. The molecule has 1 aliphatic rings. The molecule has 1 aromatic carbocycles. The monoisotopic (exact) mass is 315 g/mol. The largest absolute Gasteiger partial charge is 0.497 e. The van der Waals surface area contributed by atoms with Gasteiger partial charge >= 0.3 is 0 Å². The number of methoxy groups -OCH3 is 1. The van der Waals surface area contributed by atoms with E-state index in [2.05, 4.69) is 5.32 Å². The van der Waals surface area contributed by atoms with Gasteiger partial charge in [0.05, 0.1) is 18.1 Å². The van der Waals surface area contributed by atoms with Gasteiger partial charge in [-0.2, -0.15) is 4.31 Å². The Balaban J connectivity index is 2.46. The van der Waals surface area contributed by atoms with E-state index in [0.717, 1.165) is 6.07 Å². The number of nitrogens with zero attached hydrogens (tertiary/aromatic N) is 2. The van der Waals surface area contributed by atoms with E-state index in [1.807, 2.05) is 6.92 Å². The SMILES string of the molecule is COc1ccc(S(=O)(=O)N2CCNC(C)C2)c([N+](=O)[O-])c1. The molecule has 8 nitrogen and oxygen atoms in total. The molecule has 1 saturated heterocycles. The summed E-state index contributed by atoms with van der Waals surface area (Å²) in [5.41, 5.74) is -0.472. The number of nitrogens with one attached hydrogen (secondary N) is 1. The summed E-state index contributed by atoms with van der Waals surface area (Å²) in [4.78, 5) is 10.1. The highest BCUT2D eigenvalue weighted by Gasteiger charge is 2.34. The molecule has 1 heterocycles. The van der Waals surface area contributed by atoms with Crippen LogP contribution in [0.3, 0.4) is 0 Å². The Morgan fingerprint density at radius 2 is 2.19 bits per heavy atom. The van der Waals surface area contributed by atoms with Gasteiger partial charge in [0.2, 0.25) is 10.0 Å². The average Bonchev–Trinajstić information content (AvgIpc) is 2.46. The van der Waals surface area contributed by atoms with Crippen molar-refractivity contribution in [3.05, 3.63) is 28.3 Å². The Bertz CT molecular complexity index is 646. The first kappa shape index (κ1) is 15.7. The summed E-state index contributed by atoms with van der Waals surface area (Å²) in [6.45, 7) is 2.95. The predicted molar refractivity (Wildman–Crippen MR) is 75.9 cm³/mol. The minimum Gasteiger partial charge on any atom is -0.497 e. The van der Waals surface area contributed by atoms with E-state index in [4.69, 9.17) is 4.74 Å². The summed E-state index contributed by atoms with van der Waals surface area (Å²) in [6, 6.07) is 3.76. The van der Waals surface area contributed by atoms with E-state index >= 15 is 0 Å². The quantitative estimate of drug-likeness (QED) is 0.644. The smallest absolute Gasteiger partial charge is 0.293 e. The third kappa shape index (κ3) is 3.14. The second kappa shape index (κ2) is 5.96. The number of nitro groups is 1. The Morgan fingerprint density at radius 3 is 2.76 bits per heavy atom. The molecule has 116 valence electrons. The maximum atomic E-state index is 12.6. The summed E-state index contributed by atoms with van der Waals surface area (Å²) < 4.78 is 31.4. The van der Waals surface area contributed by atoms with Crippen molar-refractivity contribution in [2.45, 2.75) is 17.9 Å². The molecule has 0 amide bonds. The highest BCUT2D eigenvalue weighted by atomic mass is 32.2. The second-order valence-electron chi connectivity index (χ2n) is 4.81. The lowest BCUT2D eigenvalue weighted by atomic mass is 10.3. The van der Waals surface area contributed by atoms with E-state index in [1.54, 1.807) is 0 Å². The zero-order valence-corrected chi connectivity index (χ0v) is 12.6. The zero-order valence-electron chi connectivity index (χ0n) is 11.8. The molecule has 1 aliphatic heterocycles. The van der Waals surface area contributed by atoms with E-state index in [0.29, 0.717) is 6.54 Å². The Morgan fingerprint density at radius 1 is 1.48 bits per heavy atom. The summed E-state index contributed by atoms with van der Waals surface area (Å²) in [7, 11) is -2.53. The van der Waals surface area contributed by atoms with Gasteiger partial charge in [0.15, 0.2) is 4.90 Å². The molecule has 0 aromatic heterocycles. The molecule has 0 spiro atoms. The average molecular weight is 315 g/mol. The van der Waals surface area contributed by atoms with E-state index in [-0.39, 0.29) is 29.8 Å². The highest BCUT2D eigenvalue weighted by Crippen LogP contribution is 2.30. The fourth-order valence-corrected chi connectivity index (χ4v) is 3.91. The van der Waals surface area contributed by atoms with Gasteiger partial charge in [0.25, 0.3) is 5.69 Å². The molecule has 1 fully saturated rings. The predicted octanol–water partition coefficient (Wildman–Crippen LogP) is 0.586. The molecule has 0 saturated carbocycles. The van der Waals surface area contributed by atoms with Crippen LogP contribution in [0.5, 0.6) is 5.75 Å². The number of benzene rings is 1. The number of hydrogen-bond acceptors (Lipinski definition) is 6. The first-order valence-corrected chi connectivity index (χ1v) is 7.86. The number of ether oxygens (including phenoxy) is 1. The van der Waals surface area contributed by atoms with Crippen LogP contribution in [0.2, 0.25) is 0 Å². The van der Waals surface area contributed by atoms with Crippen LogP contribution in [0.4, 0.5) is 5.69 Å². The number of rotatable bonds is 4. The van der Waals surface area contributed by atoms with Crippen molar-refractivity contribution >= 4 is 15.7 Å². The van der Waals surface area contributed by atoms with Gasteiger partial charge < -0.3 is 10.1 Å². The Kier molecular flexibility index (Phi) is 4.45. The van der Waals surface area contributed by atoms with Crippen LogP contribution in [0, 0.1) is 10.1 Å². The van der Waals surface area contributed by atoms with Crippen molar-refractivity contribution in [1.29, 1.82) is 0 Å². The molecule has 2 rings (SSSR count). The summed E-state index contributed by atoms with van der Waals surface area (Å²) in [5.74, 6) is 0.245. The van der Waals surface area contributed by atoms with Gasteiger partial charge in [0.1, 0.15) is 5.75 Å². The Labute approximate surface area is 122 Å². The van der Waals surface area contributed by atoms with Crippen molar-refractivity contribution < 1.29 is 18.1 Å². The normalized spacial score (nSPS) is 20.2. The lowest BCUT2D eigenvalue weighted by Gasteiger charge is -2.30. The van der Waals surface area contributed by atoms with Crippen LogP contribution in [0.25, 0.3) is 0 Å². The lowest BCUT2D eigenvalue weighted by molar-refractivity contribution is -0.387. The van der Waals surface area contributed by atoms with Gasteiger partial charge in [-0.15, -0.1) is 0 Å².